The average Bonchev–Trinajstić information content (AvgIpc) is 3.21. The zero-order valence-corrected chi connectivity index (χ0v) is 15.0. The maximum Gasteiger partial charge on any atom is 0.135 e. The van der Waals surface area contributed by atoms with Crippen LogP contribution in [0.2, 0.25) is 0 Å². The molecule has 5 heteroatoms. The highest BCUT2D eigenvalue weighted by atomic mass is 16.5. The molecule has 0 bridgehead atoms. The number of hydrogen-bond acceptors (Lipinski definition) is 4. The number of aliphatic hydroxyl groups is 1. The van der Waals surface area contributed by atoms with Crippen molar-refractivity contribution in [3.8, 4) is 5.75 Å². The van der Waals surface area contributed by atoms with E-state index in [0.29, 0.717) is 5.82 Å². The van der Waals surface area contributed by atoms with E-state index in [1.54, 1.807) is 12.4 Å². The van der Waals surface area contributed by atoms with Crippen LogP contribution in [0.25, 0.3) is 0 Å². The summed E-state index contributed by atoms with van der Waals surface area (Å²) < 4.78 is 5.96. The molecule has 1 aromatic heterocycles. The summed E-state index contributed by atoms with van der Waals surface area (Å²) in [6.45, 7) is 7.28. The Morgan fingerprint density at radius 3 is 2.88 bits per heavy atom. The van der Waals surface area contributed by atoms with E-state index in [2.05, 4.69) is 46.9 Å². The minimum atomic E-state index is -0.475. The van der Waals surface area contributed by atoms with Crippen LogP contribution in [-0.2, 0) is 13.0 Å². The van der Waals surface area contributed by atoms with Crippen molar-refractivity contribution in [3.63, 3.8) is 0 Å². The zero-order chi connectivity index (χ0) is 17.4. The second kappa shape index (κ2) is 6.46. The number of hydrogen-bond donors (Lipinski definition) is 2. The fourth-order valence-electron chi connectivity index (χ4n) is 4.11. The van der Waals surface area contributed by atoms with Gasteiger partial charge < -0.3 is 14.8 Å². The van der Waals surface area contributed by atoms with Crippen molar-refractivity contribution in [2.75, 3.05) is 13.1 Å². The van der Waals surface area contributed by atoms with E-state index in [1.807, 2.05) is 0 Å². The van der Waals surface area contributed by atoms with Crippen molar-refractivity contribution in [1.82, 2.24) is 14.9 Å². The number of aromatic nitrogens is 2. The number of rotatable bonds is 4. The lowest BCUT2D eigenvalue weighted by atomic mass is 9.90. The van der Waals surface area contributed by atoms with Crippen LogP contribution in [0, 0.1) is 5.92 Å². The Bertz CT molecular complexity index is 719. The smallest absolute Gasteiger partial charge is 0.135 e. The quantitative estimate of drug-likeness (QED) is 0.897. The Morgan fingerprint density at radius 1 is 1.36 bits per heavy atom. The van der Waals surface area contributed by atoms with E-state index in [0.717, 1.165) is 44.6 Å². The van der Waals surface area contributed by atoms with E-state index in [4.69, 9.17) is 4.74 Å². The van der Waals surface area contributed by atoms with Gasteiger partial charge in [0.25, 0.3) is 0 Å². The molecule has 3 heterocycles. The molecule has 134 valence electrons. The monoisotopic (exact) mass is 341 g/mol. The summed E-state index contributed by atoms with van der Waals surface area (Å²) in [4.78, 5) is 9.70. The number of nitrogens with one attached hydrogen (secondary N) is 1. The minimum Gasteiger partial charge on any atom is -0.487 e. The topological polar surface area (TPSA) is 61.4 Å². The van der Waals surface area contributed by atoms with Crippen LogP contribution in [0.1, 0.15) is 49.7 Å². The van der Waals surface area contributed by atoms with Gasteiger partial charge in [-0.15, -0.1) is 0 Å². The molecule has 1 aromatic carbocycles. The van der Waals surface area contributed by atoms with E-state index < -0.39 is 6.10 Å². The van der Waals surface area contributed by atoms with Crippen molar-refractivity contribution >= 4 is 0 Å². The highest BCUT2D eigenvalue weighted by Crippen LogP contribution is 2.36. The maximum atomic E-state index is 10.4. The highest BCUT2D eigenvalue weighted by Gasteiger charge is 2.31. The number of piperidine rings is 1. The van der Waals surface area contributed by atoms with Crippen molar-refractivity contribution in [2.24, 2.45) is 5.92 Å². The molecule has 0 radical (unpaired) electrons. The van der Waals surface area contributed by atoms with Crippen LogP contribution in [-0.4, -0.2) is 38.7 Å². The van der Waals surface area contributed by atoms with Crippen molar-refractivity contribution in [2.45, 2.75) is 51.4 Å². The molecule has 2 N–H and O–H groups in total. The molecule has 0 aliphatic carbocycles. The molecule has 2 aromatic rings. The van der Waals surface area contributed by atoms with Crippen molar-refractivity contribution in [1.29, 1.82) is 0 Å². The van der Waals surface area contributed by atoms with E-state index in [9.17, 15) is 5.11 Å². The molecule has 0 saturated carbocycles. The number of nitrogens with zero attached hydrogens (tertiary/aromatic N) is 2. The Labute approximate surface area is 149 Å². The number of fused-ring (bicyclic) bond motifs is 1. The second-order valence-electron chi connectivity index (χ2n) is 8.01. The van der Waals surface area contributed by atoms with Gasteiger partial charge in [-0.05, 0) is 62.9 Å². The predicted molar refractivity (Wildman–Crippen MR) is 96.4 cm³/mol. The van der Waals surface area contributed by atoms with E-state index in [-0.39, 0.29) is 11.5 Å². The Balaban J connectivity index is 1.34. The first-order valence-corrected chi connectivity index (χ1v) is 9.21. The van der Waals surface area contributed by atoms with Gasteiger partial charge in [0.05, 0.1) is 0 Å². The molecular formula is C20H27N3O2. The number of imidazole rings is 1. The Kier molecular flexibility index (Phi) is 4.29. The van der Waals surface area contributed by atoms with Gasteiger partial charge in [-0.1, -0.05) is 12.1 Å². The lowest BCUT2D eigenvalue weighted by molar-refractivity contribution is 0.0515. The van der Waals surface area contributed by atoms with Crippen LogP contribution in [0.5, 0.6) is 5.75 Å². The summed E-state index contributed by atoms with van der Waals surface area (Å²) in [5.41, 5.74) is 2.59. The van der Waals surface area contributed by atoms with Gasteiger partial charge in [0, 0.05) is 25.4 Å². The summed E-state index contributed by atoms with van der Waals surface area (Å²) in [5.74, 6) is 2.02. The largest absolute Gasteiger partial charge is 0.487 e. The Morgan fingerprint density at radius 2 is 2.16 bits per heavy atom. The third-order valence-corrected chi connectivity index (χ3v) is 5.41. The SMILES string of the molecule is CC1(C)Cc2cc(CN3CCC(C(O)c4ncc[nH]4)CC3)ccc2O1. The van der Waals surface area contributed by atoms with Gasteiger partial charge >= 0.3 is 0 Å². The van der Waals surface area contributed by atoms with Gasteiger partial charge in [-0.25, -0.2) is 4.98 Å². The molecule has 1 unspecified atom stereocenters. The van der Waals surface area contributed by atoms with Crippen LogP contribution in [0.3, 0.4) is 0 Å². The van der Waals surface area contributed by atoms with Crippen LogP contribution in [0.15, 0.2) is 30.6 Å². The van der Waals surface area contributed by atoms with Gasteiger partial charge in [-0.3, -0.25) is 4.90 Å². The molecule has 2 aliphatic heterocycles. The third kappa shape index (κ3) is 3.58. The molecule has 1 saturated heterocycles. The van der Waals surface area contributed by atoms with Gasteiger partial charge in [0.1, 0.15) is 23.3 Å². The van der Waals surface area contributed by atoms with Gasteiger partial charge in [0.15, 0.2) is 0 Å². The summed E-state index contributed by atoms with van der Waals surface area (Å²) >= 11 is 0. The van der Waals surface area contributed by atoms with Gasteiger partial charge in [-0.2, -0.15) is 0 Å². The number of benzene rings is 1. The summed E-state index contributed by atoms with van der Waals surface area (Å²) in [6.07, 6.45) is 5.98. The molecule has 0 amide bonds. The number of ether oxygens (including phenoxy) is 1. The highest BCUT2D eigenvalue weighted by molar-refractivity contribution is 5.41. The van der Waals surface area contributed by atoms with Crippen LogP contribution in [0.4, 0.5) is 0 Å². The minimum absolute atomic E-state index is 0.0821. The van der Waals surface area contributed by atoms with Crippen LogP contribution >= 0.6 is 0 Å². The molecule has 5 nitrogen and oxygen atoms in total. The zero-order valence-electron chi connectivity index (χ0n) is 15.0. The number of H-pyrrole nitrogens is 1. The first-order chi connectivity index (χ1) is 12.0. The number of likely N-dealkylation sites (tertiary alicyclic amines) is 1. The maximum absolute atomic E-state index is 10.4. The predicted octanol–water partition coefficient (Wildman–Crippen LogP) is 3.07. The lowest BCUT2D eigenvalue weighted by Gasteiger charge is -2.33. The number of aliphatic hydroxyl groups excluding tert-OH is 1. The molecule has 1 atom stereocenters. The average molecular weight is 341 g/mol. The van der Waals surface area contributed by atoms with Crippen molar-refractivity contribution < 1.29 is 9.84 Å². The summed E-state index contributed by atoms with van der Waals surface area (Å²) in [5, 5.41) is 10.4. The van der Waals surface area contributed by atoms with Crippen molar-refractivity contribution in [3.05, 3.63) is 47.5 Å². The lowest BCUT2D eigenvalue weighted by Crippen LogP contribution is -2.35. The normalized spacial score (nSPS) is 21.7. The molecule has 25 heavy (non-hydrogen) atoms. The standard InChI is InChI=1S/C20H27N3O2/c1-20(2)12-16-11-14(3-4-17(16)25-20)13-23-9-5-15(6-10-23)18(24)19-21-7-8-22-19/h3-4,7-8,11,15,18,24H,5-6,9-10,12-13H2,1-2H3,(H,21,22). The van der Waals surface area contributed by atoms with Gasteiger partial charge in [0.2, 0.25) is 0 Å². The number of aromatic amines is 1. The van der Waals surface area contributed by atoms with E-state index >= 15 is 0 Å². The molecule has 2 aliphatic rings. The summed E-state index contributed by atoms with van der Waals surface area (Å²) in [6, 6.07) is 6.60. The second-order valence-corrected chi connectivity index (χ2v) is 8.01. The Hall–Kier alpha value is -1.85. The molecule has 0 spiro atoms. The van der Waals surface area contributed by atoms with Crippen LogP contribution < -0.4 is 4.74 Å². The molecule has 1 fully saturated rings. The third-order valence-electron chi connectivity index (χ3n) is 5.41. The molecule has 4 rings (SSSR count). The molecular weight excluding hydrogens is 314 g/mol. The van der Waals surface area contributed by atoms with E-state index in [1.165, 1.54) is 11.1 Å². The first kappa shape index (κ1) is 16.6. The summed E-state index contributed by atoms with van der Waals surface area (Å²) in [7, 11) is 0. The first-order valence-electron chi connectivity index (χ1n) is 9.21. The fourth-order valence-corrected chi connectivity index (χ4v) is 4.11. The fraction of sp³-hybridized carbons (Fsp3) is 0.550.